The maximum Gasteiger partial charge on any atom is 0.222 e. The average Bonchev–Trinajstić information content (AvgIpc) is 2.72. The molecule has 0 aliphatic carbocycles. The maximum absolute atomic E-state index is 12.9. The summed E-state index contributed by atoms with van der Waals surface area (Å²) < 4.78 is 34.4. The van der Waals surface area contributed by atoms with E-state index < -0.39 is 0 Å². The third-order valence-corrected chi connectivity index (χ3v) is 4.29. The van der Waals surface area contributed by atoms with Crippen LogP contribution in [-0.4, -0.2) is 52.3 Å². The van der Waals surface area contributed by atoms with E-state index in [0.29, 0.717) is 49.0 Å². The number of benzene rings is 2. The van der Waals surface area contributed by atoms with E-state index in [1.165, 1.54) is 12.1 Å². The fourth-order valence-corrected chi connectivity index (χ4v) is 2.68. The highest BCUT2D eigenvalue weighted by Gasteiger charge is 2.15. The van der Waals surface area contributed by atoms with Crippen molar-refractivity contribution in [2.45, 2.75) is 12.8 Å². The summed E-state index contributed by atoms with van der Waals surface area (Å²) in [6.07, 6.45) is 0.879. The third-order valence-electron chi connectivity index (χ3n) is 4.29. The average molecular weight is 391 g/mol. The van der Waals surface area contributed by atoms with Crippen LogP contribution >= 0.6 is 0 Å². The lowest BCUT2D eigenvalue weighted by atomic mass is 10.1. The van der Waals surface area contributed by atoms with E-state index in [4.69, 9.17) is 18.9 Å². The van der Waals surface area contributed by atoms with Gasteiger partial charge in [-0.25, -0.2) is 4.39 Å². The van der Waals surface area contributed by atoms with Crippen LogP contribution in [0.3, 0.4) is 0 Å². The van der Waals surface area contributed by atoms with Gasteiger partial charge in [0.25, 0.3) is 0 Å². The van der Waals surface area contributed by atoms with E-state index in [2.05, 4.69) is 0 Å². The predicted molar refractivity (Wildman–Crippen MR) is 104 cm³/mol. The first kappa shape index (κ1) is 21.3. The van der Waals surface area contributed by atoms with E-state index >= 15 is 0 Å². The Morgan fingerprint density at radius 2 is 1.61 bits per heavy atom. The molecule has 0 fully saturated rings. The molecule has 0 saturated heterocycles. The summed E-state index contributed by atoms with van der Waals surface area (Å²) in [4.78, 5) is 14.0. The molecule has 0 heterocycles. The summed E-state index contributed by atoms with van der Waals surface area (Å²) in [5.74, 6) is 1.90. The van der Waals surface area contributed by atoms with Gasteiger partial charge in [0, 0.05) is 13.5 Å². The number of aryl methyl sites for hydroxylation is 1. The number of carbonyl (C=O) groups excluding carboxylic acids is 1. The zero-order chi connectivity index (χ0) is 20.5. The predicted octanol–water partition coefficient (Wildman–Crippen LogP) is 3.32. The summed E-state index contributed by atoms with van der Waals surface area (Å²) in [5.41, 5.74) is 0.916. The number of nitrogens with zero attached hydrogens (tertiary/aromatic N) is 1. The van der Waals surface area contributed by atoms with Gasteiger partial charge in [0.1, 0.15) is 18.2 Å². The molecule has 152 valence electrons. The number of halogens is 1. The first-order valence-electron chi connectivity index (χ1n) is 8.89. The second kappa shape index (κ2) is 10.4. The smallest absolute Gasteiger partial charge is 0.222 e. The van der Waals surface area contributed by atoms with E-state index in [1.807, 2.05) is 12.1 Å². The summed E-state index contributed by atoms with van der Waals surface area (Å²) >= 11 is 0. The van der Waals surface area contributed by atoms with Crippen LogP contribution < -0.4 is 18.9 Å². The van der Waals surface area contributed by atoms with Gasteiger partial charge in [-0.05, 0) is 48.4 Å². The normalized spacial score (nSPS) is 10.3. The first-order valence-corrected chi connectivity index (χ1v) is 8.89. The molecule has 28 heavy (non-hydrogen) atoms. The SMILES string of the molecule is COc1cc(CCC(=O)N(C)CCOc2ccc(F)cc2)cc(OC)c1OC. The molecule has 0 spiro atoms. The number of methoxy groups -OCH3 is 3. The molecule has 1 amide bonds. The van der Waals surface area contributed by atoms with Crippen LogP contribution in [0.1, 0.15) is 12.0 Å². The molecule has 0 radical (unpaired) electrons. The lowest BCUT2D eigenvalue weighted by Gasteiger charge is -2.18. The summed E-state index contributed by atoms with van der Waals surface area (Å²) in [5, 5.41) is 0. The van der Waals surface area contributed by atoms with Crippen LogP contribution in [0.4, 0.5) is 4.39 Å². The van der Waals surface area contributed by atoms with Crippen molar-refractivity contribution in [2.75, 3.05) is 41.5 Å². The summed E-state index contributed by atoms with van der Waals surface area (Å²) in [6, 6.07) is 9.46. The molecule has 0 aliphatic heterocycles. The molecule has 2 aromatic rings. The van der Waals surface area contributed by atoms with Gasteiger partial charge in [0.2, 0.25) is 11.7 Å². The van der Waals surface area contributed by atoms with E-state index in [1.54, 1.807) is 45.4 Å². The van der Waals surface area contributed by atoms with E-state index in [-0.39, 0.29) is 11.7 Å². The molecule has 7 heteroatoms. The summed E-state index contributed by atoms with van der Waals surface area (Å²) in [7, 11) is 6.39. The van der Waals surface area contributed by atoms with Crippen molar-refractivity contribution in [1.82, 2.24) is 4.90 Å². The number of hydrogen-bond donors (Lipinski definition) is 0. The number of likely N-dealkylation sites (N-methyl/N-ethyl adjacent to an activating group) is 1. The molecule has 0 N–H and O–H groups in total. The molecule has 0 unspecified atom stereocenters. The minimum atomic E-state index is -0.313. The minimum Gasteiger partial charge on any atom is -0.493 e. The fourth-order valence-electron chi connectivity index (χ4n) is 2.68. The highest BCUT2D eigenvalue weighted by molar-refractivity contribution is 5.76. The number of amides is 1. The molecule has 0 aliphatic rings. The Bertz CT molecular complexity index is 754. The molecule has 0 saturated carbocycles. The van der Waals surface area contributed by atoms with Gasteiger partial charge in [-0.2, -0.15) is 0 Å². The lowest BCUT2D eigenvalue weighted by molar-refractivity contribution is -0.130. The Hall–Kier alpha value is -2.96. The molecule has 2 aromatic carbocycles. The zero-order valence-corrected chi connectivity index (χ0v) is 16.7. The quantitative estimate of drug-likeness (QED) is 0.622. The number of rotatable bonds is 10. The van der Waals surface area contributed by atoms with Crippen molar-refractivity contribution in [3.8, 4) is 23.0 Å². The van der Waals surface area contributed by atoms with Crippen molar-refractivity contribution in [2.24, 2.45) is 0 Å². The molecule has 0 atom stereocenters. The van der Waals surface area contributed by atoms with Gasteiger partial charge in [-0.1, -0.05) is 0 Å². The monoisotopic (exact) mass is 391 g/mol. The van der Waals surface area contributed by atoms with Crippen LogP contribution in [0.2, 0.25) is 0 Å². The number of carbonyl (C=O) groups is 1. The second-order valence-electron chi connectivity index (χ2n) is 6.15. The Morgan fingerprint density at radius 1 is 1.00 bits per heavy atom. The molecular formula is C21H26FNO5. The van der Waals surface area contributed by atoms with Crippen molar-refractivity contribution >= 4 is 5.91 Å². The van der Waals surface area contributed by atoms with E-state index in [9.17, 15) is 9.18 Å². The van der Waals surface area contributed by atoms with Crippen LogP contribution in [0, 0.1) is 5.82 Å². The van der Waals surface area contributed by atoms with Gasteiger partial charge in [-0.15, -0.1) is 0 Å². The van der Waals surface area contributed by atoms with Crippen LogP contribution in [0.25, 0.3) is 0 Å². The van der Waals surface area contributed by atoms with Crippen LogP contribution in [0.15, 0.2) is 36.4 Å². The Balaban J connectivity index is 1.86. The lowest BCUT2D eigenvalue weighted by Crippen LogP contribution is -2.31. The third kappa shape index (κ3) is 5.77. The van der Waals surface area contributed by atoms with Crippen molar-refractivity contribution < 1.29 is 28.1 Å². The van der Waals surface area contributed by atoms with Gasteiger partial charge in [0.15, 0.2) is 11.5 Å². The topological polar surface area (TPSA) is 57.2 Å². The molecular weight excluding hydrogens is 365 g/mol. The van der Waals surface area contributed by atoms with Gasteiger partial charge >= 0.3 is 0 Å². The van der Waals surface area contributed by atoms with Gasteiger partial charge in [0.05, 0.1) is 27.9 Å². The highest BCUT2D eigenvalue weighted by atomic mass is 19.1. The van der Waals surface area contributed by atoms with Crippen LogP contribution in [0.5, 0.6) is 23.0 Å². The fraction of sp³-hybridized carbons (Fsp3) is 0.381. The van der Waals surface area contributed by atoms with Gasteiger partial charge in [-0.3, -0.25) is 4.79 Å². The Labute approximate surface area is 164 Å². The molecule has 6 nitrogen and oxygen atoms in total. The minimum absolute atomic E-state index is 0.00328. The first-order chi connectivity index (χ1) is 13.5. The molecule has 0 bridgehead atoms. The van der Waals surface area contributed by atoms with Crippen LogP contribution in [-0.2, 0) is 11.2 Å². The van der Waals surface area contributed by atoms with Gasteiger partial charge < -0.3 is 23.8 Å². The maximum atomic E-state index is 12.9. The Kier molecular flexibility index (Phi) is 7.92. The van der Waals surface area contributed by atoms with E-state index in [0.717, 1.165) is 5.56 Å². The summed E-state index contributed by atoms with van der Waals surface area (Å²) in [6.45, 7) is 0.767. The largest absolute Gasteiger partial charge is 0.493 e. The standard InChI is InChI=1S/C21H26FNO5/c1-23(11-12-28-17-8-6-16(22)7-9-17)20(24)10-5-15-13-18(25-2)21(27-4)19(14-15)26-3/h6-9,13-14H,5,10-12H2,1-4H3. The molecule has 0 aromatic heterocycles. The number of ether oxygens (including phenoxy) is 4. The second-order valence-corrected chi connectivity index (χ2v) is 6.15. The highest BCUT2D eigenvalue weighted by Crippen LogP contribution is 2.38. The van der Waals surface area contributed by atoms with Crippen molar-refractivity contribution in [3.05, 3.63) is 47.8 Å². The zero-order valence-electron chi connectivity index (χ0n) is 16.7. The number of hydrogen-bond acceptors (Lipinski definition) is 5. The van der Waals surface area contributed by atoms with Crippen molar-refractivity contribution in [1.29, 1.82) is 0 Å². The molecule has 2 rings (SSSR count). The Morgan fingerprint density at radius 3 is 2.14 bits per heavy atom. The van der Waals surface area contributed by atoms with Crippen molar-refractivity contribution in [3.63, 3.8) is 0 Å².